The highest BCUT2D eigenvalue weighted by Gasteiger charge is 2.20. The highest BCUT2D eigenvalue weighted by Crippen LogP contribution is 2.49. The molecular weight excluding hydrogens is 195 g/mol. The van der Waals surface area contributed by atoms with Crippen molar-refractivity contribution in [2.45, 2.75) is 32.4 Å². The summed E-state index contributed by atoms with van der Waals surface area (Å²) in [5.74, 6) is -0.350. The van der Waals surface area contributed by atoms with Crippen molar-refractivity contribution < 1.29 is 9.36 Å². The van der Waals surface area contributed by atoms with Crippen LogP contribution in [0.2, 0.25) is 0 Å². The highest BCUT2D eigenvalue weighted by atomic mass is 32.7. The molecule has 0 rings (SSSR count). The summed E-state index contributed by atoms with van der Waals surface area (Å²) < 4.78 is 11.4. The fraction of sp³-hybridized carbons (Fsp3) is 0.833. The lowest BCUT2D eigenvalue weighted by molar-refractivity contribution is -0.117. The SMILES string of the molecule is CCC(C)SP(N)(=O)NC(C)=O. The number of carbonyl (C=O) groups excluding carboxylic acids is 1. The van der Waals surface area contributed by atoms with E-state index in [0.717, 1.165) is 17.8 Å². The van der Waals surface area contributed by atoms with Gasteiger partial charge in [0.05, 0.1) is 0 Å². The summed E-state index contributed by atoms with van der Waals surface area (Å²) in [4.78, 5) is 10.6. The maximum Gasteiger partial charge on any atom is 0.289 e. The minimum absolute atomic E-state index is 0.202. The lowest BCUT2D eigenvalue weighted by Crippen LogP contribution is -2.20. The van der Waals surface area contributed by atoms with Gasteiger partial charge in [-0.1, -0.05) is 25.2 Å². The number of carbonyl (C=O) groups is 1. The Bertz CT molecular complexity index is 210. The van der Waals surface area contributed by atoms with Crippen molar-refractivity contribution in [1.82, 2.24) is 5.09 Å². The molecule has 0 aromatic heterocycles. The van der Waals surface area contributed by atoms with E-state index in [1.165, 1.54) is 6.92 Å². The van der Waals surface area contributed by atoms with Gasteiger partial charge in [-0.15, -0.1) is 0 Å². The van der Waals surface area contributed by atoms with E-state index in [0.29, 0.717) is 0 Å². The van der Waals surface area contributed by atoms with E-state index in [1.54, 1.807) is 0 Å². The summed E-state index contributed by atoms with van der Waals surface area (Å²) in [5.41, 5.74) is 5.38. The zero-order valence-corrected chi connectivity index (χ0v) is 9.24. The van der Waals surface area contributed by atoms with Crippen LogP contribution < -0.4 is 10.6 Å². The Balaban J connectivity index is 4.04. The molecule has 1 amide bonds. The average Bonchev–Trinajstić information content (AvgIpc) is 1.83. The summed E-state index contributed by atoms with van der Waals surface area (Å²) in [6, 6.07) is 0. The van der Waals surface area contributed by atoms with Gasteiger partial charge in [0.15, 0.2) is 0 Å². The van der Waals surface area contributed by atoms with E-state index in [-0.39, 0.29) is 11.2 Å². The molecule has 0 aliphatic heterocycles. The first-order chi connectivity index (χ1) is 5.37. The van der Waals surface area contributed by atoms with Crippen LogP contribution in [0.5, 0.6) is 0 Å². The van der Waals surface area contributed by atoms with Crippen molar-refractivity contribution >= 4 is 23.9 Å². The van der Waals surface area contributed by atoms with E-state index in [4.69, 9.17) is 5.50 Å². The van der Waals surface area contributed by atoms with Crippen molar-refractivity contribution in [3.8, 4) is 0 Å². The molecule has 0 bridgehead atoms. The molecule has 4 nitrogen and oxygen atoms in total. The fourth-order valence-corrected chi connectivity index (χ4v) is 4.36. The molecule has 3 N–H and O–H groups in total. The Hall–Kier alpha value is 0.0100. The first kappa shape index (κ1) is 12.0. The van der Waals surface area contributed by atoms with Gasteiger partial charge in [-0.05, 0) is 6.42 Å². The van der Waals surface area contributed by atoms with Gasteiger partial charge in [0.25, 0.3) is 6.65 Å². The third kappa shape index (κ3) is 5.63. The van der Waals surface area contributed by atoms with E-state index in [1.807, 2.05) is 13.8 Å². The topological polar surface area (TPSA) is 72.2 Å². The predicted octanol–water partition coefficient (Wildman–Crippen LogP) is 1.72. The summed E-state index contributed by atoms with van der Waals surface area (Å²) in [5, 5.41) is 2.44. The highest BCUT2D eigenvalue weighted by molar-refractivity contribution is 8.57. The van der Waals surface area contributed by atoms with Crippen LogP contribution >= 0.6 is 18.0 Å². The number of hydrogen-bond acceptors (Lipinski definition) is 3. The van der Waals surface area contributed by atoms with E-state index in [2.05, 4.69) is 5.09 Å². The van der Waals surface area contributed by atoms with Crippen molar-refractivity contribution in [3.05, 3.63) is 0 Å². The van der Waals surface area contributed by atoms with Crippen molar-refractivity contribution in [2.24, 2.45) is 5.50 Å². The van der Waals surface area contributed by atoms with Gasteiger partial charge in [-0.3, -0.25) is 20.0 Å². The van der Waals surface area contributed by atoms with E-state index in [9.17, 15) is 9.36 Å². The third-order valence-corrected chi connectivity index (χ3v) is 5.15. The summed E-state index contributed by atoms with van der Waals surface area (Å²) in [7, 11) is 0. The molecule has 0 radical (unpaired) electrons. The second-order valence-corrected chi connectivity index (χ2v) is 7.28. The molecule has 0 aromatic rings. The van der Waals surface area contributed by atoms with Crippen LogP contribution in [-0.2, 0) is 9.36 Å². The van der Waals surface area contributed by atoms with Gasteiger partial charge in [0.2, 0.25) is 5.91 Å². The van der Waals surface area contributed by atoms with Crippen LogP contribution in [0.1, 0.15) is 27.2 Å². The molecule has 0 aliphatic rings. The van der Waals surface area contributed by atoms with Gasteiger partial charge < -0.3 is 0 Å². The lowest BCUT2D eigenvalue weighted by atomic mass is 10.4. The predicted molar refractivity (Wildman–Crippen MR) is 53.0 cm³/mol. The van der Waals surface area contributed by atoms with Gasteiger partial charge in [-0.25, -0.2) is 0 Å². The van der Waals surface area contributed by atoms with Crippen molar-refractivity contribution in [1.29, 1.82) is 0 Å². The largest absolute Gasteiger partial charge is 0.289 e. The van der Waals surface area contributed by atoms with Gasteiger partial charge >= 0.3 is 0 Å². The summed E-state index contributed by atoms with van der Waals surface area (Å²) in [6.07, 6.45) is 0.880. The van der Waals surface area contributed by atoms with Crippen LogP contribution in [0.15, 0.2) is 0 Å². The van der Waals surface area contributed by atoms with Crippen LogP contribution in [0.4, 0.5) is 0 Å². The molecular formula is C6H15N2O2PS. The Labute approximate surface area is 76.9 Å². The fourth-order valence-electron chi connectivity index (χ4n) is 0.588. The van der Waals surface area contributed by atoms with Crippen LogP contribution in [0.25, 0.3) is 0 Å². The maximum absolute atomic E-state index is 11.4. The Morgan fingerprint density at radius 3 is 2.58 bits per heavy atom. The minimum atomic E-state index is -3.00. The van der Waals surface area contributed by atoms with E-state index < -0.39 is 6.65 Å². The normalized spacial score (nSPS) is 18.0. The molecule has 2 atom stereocenters. The molecule has 0 fully saturated rings. The average molecular weight is 210 g/mol. The van der Waals surface area contributed by atoms with Crippen LogP contribution in [0, 0.1) is 0 Å². The van der Waals surface area contributed by atoms with Crippen LogP contribution in [0.3, 0.4) is 0 Å². The molecule has 0 saturated carbocycles. The lowest BCUT2D eigenvalue weighted by Gasteiger charge is -2.15. The minimum Gasteiger partial charge on any atom is -0.287 e. The second kappa shape index (κ2) is 4.90. The third-order valence-electron chi connectivity index (χ3n) is 1.22. The molecule has 0 heterocycles. The Kier molecular flexibility index (Phi) is 4.90. The van der Waals surface area contributed by atoms with E-state index >= 15 is 0 Å². The monoisotopic (exact) mass is 210 g/mol. The van der Waals surface area contributed by atoms with Crippen LogP contribution in [-0.4, -0.2) is 11.2 Å². The molecule has 0 spiro atoms. The molecule has 0 aliphatic carbocycles. The molecule has 12 heavy (non-hydrogen) atoms. The maximum atomic E-state index is 11.4. The smallest absolute Gasteiger partial charge is 0.287 e. The molecule has 2 unspecified atom stereocenters. The number of nitrogens with two attached hydrogens (primary N) is 1. The summed E-state index contributed by atoms with van der Waals surface area (Å²) in [6.45, 7) is 2.20. The Morgan fingerprint density at radius 2 is 2.25 bits per heavy atom. The first-order valence-corrected chi connectivity index (χ1v) is 6.99. The Morgan fingerprint density at radius 1 is 1.75 bits per heavy atom. The summed E-state index contributed by atoms with van der Waals surface area (Å²) >= 11 is 1.13. The molecule has 72 valence electrons. The van der Waals surface area contributed by atoms with Gasteiger partial charge in [0.1, 0.15) is 0 Å². The molecule has 0 saturated heterocycles. The quantitative estimate of drug-likeness (QED) is 0.693. The van der Waals surface area contributed by atoms with Crippen molar-refractivity contribution in [3.63, 3.8) is 0 Å². The molecule has 0 aromatic carbocycles. The van der Waals surface area contributed by atoms with Gasteiger partial charge in [-0.2, -0.15) is 0 Å². The number of nitrogens with one attached hydrogen (secondary N) is 1. The molecule has 6 heteroatoms. The zero-order chi connectivity index (χ0) is 9.78. The first-order valence-electron chi connectivity index (χ1n) is 3.73. The number of rotatable bonds is 4. The van der Waals surface area contributed by atoms with Crippen molar-refractivity contribution in [2.75, 3.05) is 0 Å². The zero-order valence-electron chi connectivity index (χ0n) is 7.53. The van der Waals surface area contributed by atoms with Gasteiger partial charge in [0, 0.05) is 12.2 Å². The standard InChI is InChI=1S/C6H15N2O2PS/c1-4-5(2)12-11(7,10)8-6(3)9/h5H,4H2,1-3H3,(H3,7,8,9,10). The number of amides is 1. The number of hydrogen-bond donors (Lipinski definition) is 2. The second-order valence-electron chi connectivity index (χ2n) is 2.59.